The van der Waals surface area contributed by atoms with Gasteiger partial charge in [-0.2, -0.15) is 0 Å². The summed E-state index contributed by atoms with van der Waals surface area (Å²) < 4.78 is 5.48. The van der Waals surface area contributed by atoms with Crippen molar-refractivity contribution in [1.82, 2.24) is 0 Å². The number of nitrogens with two attached hydrogens (primary N) is 2. The van der Waals surface area contributed by atoms with Gasteiger partial charge in [0.25, 0.3) is 0 Å². The van der Waals surface area contributed by atoms with E-state index in [2.05, 4.69) is 18.7 Å². The minimum absolute atomic E-state index is 0.111. The molecule has 0 radical (unpaired) electrons. The monoisotopic (exact) mass is 249 g/mol. The molecule has 2 rings (SSSR count). The Bertz CT molecular complexity index is 471. The quantitative estimate of drug-likeness (QED) is 0.766. The molecule has 5 nitrogen and oxygen atoms in total. The van der Waals surface area contributed by atoms with E-state index in [1.165, 1.54) is 0 Å². The first-order valence-corrected chi connectivity index (χ1v) is 5.96. The third-order valence-corrected chi connectivity index (χ3v) is 3.25. The minimum atomic E-state index is -0.463. The molecule has 0 aromatic heterocycles. The Hall–Kier alpha value is -1.75. The first kappa shape index (κ1) is 12.7. The van der Waals surface area contributed by atoms with Gasteiger partial charge in [0, 0.05) is 12.1 Å². The predicted octanol–water partition coefficient (Wildman–Crippen LogP) is 0.983. The number of nitrogens with zero attached hydrogens (tertiary/aromatic N) is 1. The molecule has 1 fully saturated rings. The molecule has 1 aliphatic rings. The molecule has 18 heavy (non-hydrogen) atoms. The Balaban J connectivity index is 2.36. The SMILES string of the molecule is CC1(C)COCCN1c1ccc(C(N)=O)cc1N. The maximum absolute atomic E-state index is 11.1. The van der Waals surface area contributed by atoms with Crippen LogP contribution in [0.3, 0.4) is 0 Å². The van der Waals surface area contributed by atoms with Crippen LogP contribution in [0.15, 0.2) is 18.2 Å². The van der Waals surface area contributed by atoms with E-state index < -0.39 is 5.91 Å². The molecule has 5 heteroatoms. The van der Waals surface area contributed by atoms with Crippen molar-refractivity contribution in [3.8, 4) is 0 Å². The average Bonchev–Trinajstić information content (AvgIpc) is 2.29. The zero-order valence-corrected chi connectivity index (χ0v) is 10.8. The van der Waals surface area contributed by atoms with Gasteiger partial charge in [-0.1, -0.05) is 0 Å². The van der Waals surface area contributed by atoms with Crippen LogP contribution in [-0.4, -0.2) is 31.2 Å². The molecule has 0 unspecified atom stereocenters. The molecular weight excluding hydrogens is 230 g/mol. The Morgan fingerprint density at radius 2 is 2.17 bits per heavy atom. The number of morpholine rings is 1. The van der Waals surface area contributed by atoms with E-state index in [0.717, 1.165) is 12.2 Å². The van der Waals surface area contributed by atoms with Gasteiger partial charge in [-0.3, -0.25) is 4.79 Å². The van der Waals surface area contributed by atoms with Gasteiger partial charge in [0.2, 0.25) is 5.91 Å². The molecule has 0 saturated carbocycles. The van der Waals surface area contributed by atoms with Crippen molar-refractivity contribution in [3.05, 3.63) is 23.8 Å². The van der Waals surface area contributed by atoms with Crippen molar-refractivity contribution in [2.24, 2.45) is 5.73 Å². The van der Waals surface area contributed by atoms with Gasteiger partial charge >= 0.3 is 0 Å². The van der Waals surface area contributed by atoms with Gasteiger partial charge in [-0.05, 0) is 32.0 Å². The van der Waals surface area contributed by atoms with Crippen molar-refractivity contribution in [2.75, 3.05) is 30.4 Å². The summed E-state index contributed by atoms with van der Waals surface area (Å²) in [4.78, 5) is 13.3. The number of amides is 1. The van der Waals surface area contributed by atoms with E-state index in [-0.39, 0.29) is 5.54 Å². The van der Waals surface area contributed by atoms with Gasteiger partial charge in [-0.15, -0.1) is 0 Å². The fourth-order valence-corrected chi connectivity index (χ4v) is 2.26. The van der Waals surface area contributed by atoms with Gasteiger partial charge in [0.15, 0.2) is 0 Å². The summed E-state index contributed by atoms with van der Waals surface area (Å²) >= 11 is 0. The summed E-state index contributed by atoms with van der Waals surface area (Å²) in [6, 6.07) is 5.19. The van der Waals surface area contributed by atoms with Crippen LogP contribution in [-0.2, 0) is 4.74 Å². The second kappa shape index (κ2) is 4.49. The molecular formula is C13H19N3O2. The van der Waals surface area contributed by atoms with Crippen LogP contribution in [0.2, 0.25) is 0 Å². The number of primary amides is 1. The van der Waals surface area contributed by atoms with Crippen LogP contribution in [0.5, 0.6) is 0 Å². The lowest BCUT2D eigenvalue weighted by atomic mass is 10.0. The minimum Gasteiger partial charge on any atom is -0.397 e. The summed E-state index contributed by atoms with van der Waals surface area (Å²) in [5.41, 5.74) is 13.1. The fraction of sp³-hybridized carbons (Fsp3) is 0.462. The Labute approximate surface area is 107 Å². The van der Waals surface area contributed by atoms with Gasteiger partial charge in [0.1, 0.15) is 0 Å². The molecule has 0 atom stereocenters. The van der Waals surface area contributed by atoms with E-state index in [1.807, 2.05) is 6.07 Å². The predicted molar refractivity (Wildman–Crippen MR) is 71.6 cm³/mol. The lowest BCUT2D eigenvalue weighted by molar-refractivity contribution is 0.0645. The molecule has 1 aromatic rings. The number of anilines is 2. The van der Waals surface area contributed by atoms with Crippen LogP contribution >= 0.6 is 0 Å². The van der Waals surface area contributed by atoms with Crippen molar-refractivity contribution < 1.29 is 9.53 Å². The maximum atomic E-state index is 11.1. The lowest BCUT2D eigenvalue weighted by Crippen LogP contribution is -2.53. The van der Waals surface area contributed by atoms with Crippen molar-refractivity contribution in [3.63, 3.8) is 0 Å². The third kappa shape index (κ3) is 2.26. The van der Waals surface area contributed by atoms with Gasteiger partial charge in [0.05, 0.1) is 30.1 Å². The Morgan fingerprint density at radius 1 is 1.44 bits per heavy atom. The van der Waals surface area contributed by atoms with Crippen molar-refractivity contribution >= 4 is 17.3 Å². The number of hydrogen-bond acceptors (Lipinski definition) is 4. The van der Waals surface area contributed by atoms with Crippen LogP contribution < -0.4 is 16.4 Å². The zero-order valence-electron chi connectivity index (χ0n) is 10.8. The largest absolute Gasteiger partial charge is 0.397 e. The Kier molecular flexibility index (Phi) is 3.17. The summed E-state index contributed by atoms with van der Waals surface area (Å²) in [6.45, 7) is 6.33. The number of ether oxygens (including phenoxy) is 1. The second-order valence-corrected chi connectivity index (χ2v) is 5.15. The number of benzene rings is 1. The number of rotatable bonds is 2. The van der Waals surface area contributed by atoms with Crippen LogP contribution in [0.4, 0.5) is 11.4 Å². The van der Waals surface area contributed by atoms with E-state index in [0.29, 0.717) is 24.5 Å². The highest BCUT2D eigenvalue weighted by molar-refractivity contribution is 5.95. The summed E-state index contributed by atoms with van der Waals surface area (Å²) in [6.07, 6.45) is 0. The third-order valence-electron chi connectivity index (χ3n) is 3.25. The highest BCUT2D eigenvalue weighted by atomic mass is 16.5. The highest BCUT2D eigenvalue weighted by Crippen LogP contribution is 2.31. The second-order valence-electron chi connectivity index (χ2n) is 5.15. The van der Waals surface area contributed by atoms with Gasteiger partial charge in [-0.25, -0.2) is 0 Å². The molecule has 0 spiro atoms. The van der Waals surface area contributed by atoms with E-state index >= 15 is 0 Å². The molecule has 1 amide bonds. The van der Waals surface area contributed by atoms with E-state index in [9.17, 15) is 4.79 Å². The number of nitrogen functional groups attached to an aromatic ring is 1. The maximum Gasteiger partial charge on any atom is 0.248 e. The molecule has 0 aliphatic carbocycles. The molecule has 1 aliphatic heterocycles. The van der Waals surface area contributed by atoms with E-state index in [1.54, 1.807) is 12.1 Å². The number of carbonyl (C=O) groups is 1. The summed E-state index contributed by atoms with van der Waals surface area (Å²) in [7, 11) is 0. The summed E-state index contributed by atoms with van der Waals surface area (Å²) in [5.74, 6) is -0.463. The first-order valence-electron chi connectivity index (χ1n) is 5.96. The Morgan fingerprint density at radius 3 is 2.72 bits per heavy atom. The first-order chi connectivity index (χ1) is 8.42. The fourth-order valence-electron chi connectivity index (χ4n) is 2.26. The highest BCUT2D eigenvalue weighted by Gasteiger charge is 2.31. The molecule has 1 heterocycles. The number of hydrogen-bond donors (Lipinski definition) is 2. The van der Waals surface area contributed by atoms with Crippen LogP contribution in [0.1, 0.15) is 24.2 Å². The molecule has 1 saturated heterocycles. The van der Waals surface area contributed by atoms with E-state index in [4.69, 9.17) is 16.2 Å². The standard InChI is InChI=1S/C13H19N3O2/c1-13(2)8-18-6-5-16(13)11-4-3-9(12(15)17)7-10(11)14/h3-4,7H,5-6,8,14H2,1-2H3,(H2,15,17). The number of carbonyl (C=O) groups excluding carboxylic acids is 1. The normalized spacial score (nSPS) is 18.7. The topological polar surface area (TPSA) is 81.6 Å². The molecule has 98 valence electrons. The molecule has 1 aromatic carbocycles. The van der Waals surface area contributed by atoms with Crippen LogP contribution in [0, 0.1) is 0 Å². The zero-order chi connectivity index (χ0) is 13.3. The smallest absolute Gasteiger partial charge is 0.248 e. The lowest BCUT2D eigenvalue weighted by Gasteiger charge is -2.44. The van der Waals surface area contributed by atoms with Crippen LogP contribution in [0.25, 0.3) is 0 Å². The van der Waals surface area contributed by atoms with Crippen molar-refractivity contribution in [2.45, 2.75) is 19.4 Å². The molecule has 4 N–H and O–H groups in total. The van der Waals surface area contributed by atoms with Gasteiger partial charge < -0.3 is 21.1 Å². The van der Waals surface area contributed by atoms with Crippen molar-refractivity contribution in [1.29, 1.82) is 0 Å². The average molecular weight is 249 g/mol. The molecule has 0 bridgehead atoms. The summed E-state index contributed by atoms with van der Waals surface area (Å²) in [5, 5.41) is 0.